The van der Waals surface area contributed by atoms with Gasteiger partial charge < -0.3 is 11.7 Å². The molecule has 72 valence electrons. The number of hydrogen-bond donors (Lipinski definition) is 1. The molecule has 0 amide bonds. The molecule has 0 rings (SSSR count). The quantitative estimate of drug-likeness (QED) is 0.646. The van der Waals surface area contributed by atoms with Crippen LogP contribution in [0.25, 0.3) is 0 Å². The maximum absolute atomic E-state index is 9.35. The van der Waals surface area contributed by atoms with E-state index in [0.717, 1.165) is 12.8 Å². The Morgan fingerprint density at radius 3 is 1.67 bits per heavy atom. The zero-order valence-electron chi connectivity index (χ0n) is 8.41. The number of hydrogen-bond acceptors (Lipinski definition) is 3. The van der Waals surface area contributed by atoms with Gasteiger partial charge in [0.15, 0.2) is 0 Å². The first-order valence-corrected chi connectivity index (χ1v) is 6.05. The highest BCUT2D eigenvalue weighted by Gasteiger charge is 2.29. The largest absolute Gasteiger partial charge is 0.903 e. The molecule has 0 spiro atoms. The van der Waals surface area contributed by atoms with E-state index in [4.69, 9.17) is 7.58 Å². The molecule has 0 saturated carbocycles. The molecular formula is C8H19AlO3. The van der Waals surface area contributed by atoms with Crippen molar-refractivity contribution in [2.75, 3.05) is 0 Å². The normalized spacial score (nSPS) is 15.8. The van der Waals surface area contributed by atoms with Crippen LogP contribution in [0.5, 0.6) is 0 Å². The Labute approximate surface area is 80.1 Å². The summed E-state index contributed by atoms with van der Waals surface area (Å²) in [5.74, 6) is 0. The van der Waals surface area contributed by atoms with Gasteiger partial charge in [-0.15, -0.1) is 0 Å². The Kier molecular flexibility index (Phi) is 7.11. The van der Waals surface area contributed by atoms with Gasteiger partial charge >= 0.3 is 15.1 Å². The second-order valence-corrected chi connectivity index (χ2v) is 4.18. The van der Waals surface area contributed by atoms with Crippen LogP contribution in [-0.4, -0.2) is 31.5 Å². The van der Waals surface area contributed by atoms with Crippen molar-refractivity contribution in [3.05, 3.63) is 0 Å². The molecule has 0 aliphatic carbocycles. The van der Waals surface area contributed by atoms with E-state index in [0.29, 0.717) is 0 Å². The second kappa shape index (κ2) is 6.88. The van der Waals surface area contributed by atoms with E-state index in [-0.39, 0.29) is 12.2 Å². The summed E-state index contributed by atoms with van der Waals surface area (Å²) in [6.07, 6.45) is 2.04. The molecule has 0 aromatic carbocycles. The zero-order valence-corrected chi connectivity index (χ0v) is 9.56. The van der Waals surface area contributed by atoms with Crippen LogP contribution in [0.3, 0.4) is 0 Å². The molecule has 0 aromatic rings. The third-order valence-electron chi connectivity index (χ3n) is 1.85. The molecule has 0 aliphatic rings. The van der Waals surface area contributed by atoms with Crippen LogP contribution in [0.15, 0.2) is 0 Å². The van der Waals surface area contributed by atoms with Crippen molar-refractivity contribution >= 4 is 15.1 Å². The van der Waals surface area contributed by atoms with Gasteiger partial charge in [-0.25, -0.2) is 0 Å². The van der Waals surface area contributed by atoms with Crippen molar-refractivity contribution < 1.29 is 11.7 Å². The average Bonchev–Trinajstić information content (AvgIpc) is 2.03. The van der Waals surface area contributed by atoms with Crippen molar-refractivity contribution in [2.24, 2.45) is 0 Å². The Morgan fingerprint density at radius 2 is 1.42 bits per heavy atom. The van der Waals surface area contributed by atoms with Crippen LogP contribution in [0.4, 0.5) is 0 Å². The van der Waals surface area contributed by atoms with E-state index in [1.54, 1.807) is 0 Å². The third-order valence-corrected chi connectivity index (χ3v) is 3.24. The maximum atomic E-state index is 9.35. The van der Waals surface area contributed by atoms with Gasteiger partial charge in [-0.1, -0.05) is 13.8 Å². The first-order chi connectivity index (χ1) is 5.60. The highest BCUT2D eigenvalue weighted by Crippen LogP contribution is 2.02. The van der Waals surface area contributed by atoms with Crippen LogP contribution in [-0.2, 0) is 7.58 Å². The molecule has 0 aromatic heterocycles. The van der Waals surface area contributed by atoms with Crippen molar-refractivity contribution in [1.82, 2.24) is 0 Å². The van der Waals surface area contributed by atoms with E-state index < -0.39 is 15.1 Å². The lowest BCUT2D eigenvalue weighted by molar-refractivity contribution is 0.0638. The summed E-state index contributed by atoms with van der Waals surface area (Å²) in [7, 11) is 0. The van der Waals surface area contributed by atoms with Gasteiger partial charge in [0.1, 0.15) is 0 Å². The van der Waals surface area contributed by atoms with Gasteiger partial charge in [0, 0.05) is 12.2 Å². The predicted molar refractivity (Wildman–Crippen MR) is 49.6 cm³/mol. The van der Waals surface area contributed by atoms with Gasteiger partial charge in [-0.2, -0.15) is 0 Å². The standard InChI is InChI=1S/2C4H9O.Al.H2O/c2*1-3-4(2)5;;/h2*4H,3H2,1-2H3;;1H2/q2*-1;+3;/p-1. The summed E-state index contributed by atoms with van der Waals surface area (Å²) in [6, 6.07) is 0. The zero-order chi connectivity index (χ0) is 9.56. The first-order valence-electron chi connectivity index (χ1n) is 4.59. The summed E-state index contributed by atoms with van der Waals surface area (Å²) >= 11 is -2.35. The van der Waals surface area contributed by atoms with Crippen LogP contribution < -0.4 is 0 Å². The summed E-state index contributed by atoms with van der Waals surface area (Å²) in [4.78, 5) is 0. The lowest BCUT2D eigenvalue weighted by Crippen LogP contribution is -2.30. The van der Waals surface area contributed by atoms with Crippen molar-refractivity contribution in [2.45, 2.75) is 52.7 Å². The number of rotatable bonds is 6. The minimum Gasteiger partial charge on any atom is -0.469 e. The van der Waals surface area contributed by atoms with Crippen molar-refractivity contribution in [3.8, 4) is 0 Å². The highest BCUT2D eigenvalue weighted by atomic mass is 27.2. The summed E-state index contributed by atoms with van der Waals surface area (Å²) in [5, 5.41) is 0. The molecular weight excluding hydrogens is 171 g/mol. The second-order valence-electron chi connectivity index (χ2n) is 3.02. The van der Waals surface area contributed by atoms with Crippen LogP contribution in [0, 0.1) is 0 Å². The van der Waals surface area contributed by atoms with Crippen molar-refractivity contribution in [3.63, 3.8) is 0 Å². The van der Waals surface area contributed by atoms with Gasteiger partial charge in [0.05, 0.1) is 0 Å². The highest BCUT2D eigenvalue weighted by molar-refractivity contribution is 6.34. The van der Waals surface area contributed by atoms with E-state index in [9.17, 15) is 4.16 Å². The molecule has 0 saturated heterocycles. The van der Waals surface area contributed by atoms with Gasteiger partial charge in [-0.3, -0.25) is 0 Å². The van der Waals surface area contributed by atoms with Gasteiger partial charge in [0.25, 0.3) is 0 Å². The molecule has 3 nitrogen and oxygen atoms in total. The van der Waals surface area contributed by atoms with E-state index >= 15 is 0 Å². The SMILES string of the molecule is CCC(C)[O][Al]([OH])[O]C(C)CC. The fourth-order valence-corrected chi connectivity index (χ4v) is 1.87. The van der Waals surface area contributed by atoms with E-state index in [1.165, 1.54) is 0 Å². The Balaban J connectivity index is 3.51. The maximum Gasteiger partial charge on any atom is 0.903 e. The molecule has 2 unspecified atom stereocenters. The Bertz CT molecular complexity index is 98.5. The monoisotopic (exact) mass is 190 g/mol. The molecule has 12 heavy (non-hydrogen) atoms. The van der Waals surface area contributed by atoms with Gasteiger partial charge in [0.2, 0.25) is 0 Å². The topological polar surface area (TPSA) is 38.7 Å². The van der Waals surface area contributed by atoms with Crippen molar-refractivity contribution in [1.29, 1.82) is 0 Å². The van der Waals surface area contributed by atoms with Crippen LogP contribution >= 0.6 is 0 Å². The van der Waals surface area contributed by atoms with Crippen LogP contribution in [0.2, 0.25) is 0 Å². The smallest absolute Gasteiger partial charge is 0.469 e. The molecule has 2 atom stereocenters. The van der Waals surface area contributed by atoms with Gasteiger partial charge in [-0.05, 0) is 26.7 Å². The lowest BCUT2D eigenvalue weighted by atomic mass is 10.3. The molecule has 0 heterocycles. The average molecular weight is 190 g/mol. The summed E-state index contributed by atoms with van der Waals surface area (Å²) in [5.41, 5.74) is 0. The molecule has 0 radical (unpaired) electrons. The Morgan fingerprint density at radius 1 is 1.08 bits per heavy atom. The molecule has 1 N–H and O–H groups in total. The lowest BCUT2D eigenvalue weighted by Gasteiger charge is -2.16. The molecule has 4 heteroatoms. The summed E-state index contributed by atoms with van der Waals surface area (Å²) < 4.78 is 19.8. The van der Waals surface area contributed by atoms with Crippen LogP contribution in [0.1, 0.15) is 40.5 Å². The fraction of sp³-hybridized carbons (Fsp3) is 1.00. The third kappa shape index (κ3) is 5.99. The van der Waals surface area contributed by atoms with E-state index in [1.807, 2.05) is 27.7 Å². The minimum atomic E-state index is -2.35. The summed E-state index contributed by atoms with van der Waals surface area (Å²) in [6.45, 7) is 7.93. The molecule has 0 aliphatic heterocycles. The minimum absolute atomic E-state index is 0.107. The molecule has 0 bridgehead atoms. The Hall–Kier alpha value is 0.412. The predicted octanol–water partition coefficient (Wildman–Crippen LogP) is 1.59. The molecule has 0 fully saturated rings. The van der Waals surface area contributed by atoms with E-state index in [2.05, 4.69) is 0 Å². The fourth-order valence-electron chi connectivity index (χ4n) is 0.622. The first kappa shape index (κ1) is 12.4.